The molecular weight excluding hydrogens is 142 g/mol. The molecule has 0 radical (unpaired) electrons. The average molecular weight is 150 g/mol. The molecule has 1 atom stereocenters. The van der Waals surface area contributed by atoms with Gasteiger partial charge in [-0.05, 0) is 0 Å². The van der Waals surface area contributed by atoms with Crippen molar-refractivity contribution in [2.24, 2.45) is 11.3 Å². The Morgan fingerprint density at radius 1 is 1.50 bits per heavy atom. The van der Waals surface area contributed by atoms with Crippen LogP contribution in [0.25, 0.3) is 0 Å². The van der Waals surface area contributed by atoms with Crippen LogP contribution in [0.2, 0.25) is 0 Å². The summed E-state index contributed by atoms with van der Waals surface area (Å²) in [7, 11) is 0. The van der Waals surface area contributed by atoms with Crippen molar-refractivity contribution in [3.8, 4) is 0 Å². The number of hydrogen-bond donors (Lipinski definition) is 1. The first kappa shape index (κ1) is 7.44. The number of carboxylic acid groups (broad SMARTS) is 1. The van der Waals surface area contributed by atoms with Crippen molar-refractivity contribution in [2.45, 2.75) is 19.8 Å². The van der Waals surface area contributed by atoms with E-state index in [1.165, 1.54) is 13.8 Å². The lowest BCUT2D eigenvalue weighted by atomic mass is 10.1. The van der Waals surface area contributed by atoms with E-state index in [4.69, 9.17) is 5.11 Å². The van der Waals surface area contributed by atoms with Crippen LogP contribution >= 0.6 is 0 Å². The molecule has 0 aliphatic heterocycles. The van der Waals surface area contributed by atoms with Crippen molar-refractivity contribution in [1.82, 2.24) is 0 Å². The molecule has 1 aliphatic rings. The number of alkyl halides is 2. The molecular formula is C6H8F2O2. The van der Waals surface area contributed by atoms with Crippen LogP contribution in [0.15, 0.2) is 0 Å². The summed E-state index contributed by atoms with van der Waals surface area (Å²) in [5.41, 5.74) is -1.35. The average Bonchev–Trinajstić information content (AvgIpc) is 1.97. The van der Waals surface area contributed by atoms with Gasteiger partial charge in [-0.1, -0.05) is 13.8 Å². The third-order valence-electron chi connectivity index (χ3n) is 2.11. The van der Waals surface area contributed by atoms with Gasteiger partial charge in [-0.15, -0.1) is 0 Å². The highest BCUT2D eigenvalue weighted by molar-refractivity contribution is 5.77. The molecule has 0 aromatic heterocycles. The molecule has 1 fully saturated rings. The highest BCUT2D eigenvalue weighted by Gasteiger charge is 2.78. The minimum absolute atomic E-state index is 1.26. The second-order valence-corrected chi connectivity index (χ2v) is 3.12. The maximum absolute atomic E-state index is 12.4. The lowest BCUT2D eigenvalue weighted by Crippen LogP contribution is -2.04. The standard InChI is InChI=1S/C6H8F2O2/c1-5(2)3(4(9)10)6(5,7)8/h3H,1-2H3,(H,9,10). The van der Waals surface area contributed by atoms with Gasteiger partial charge in [-0.25, -0.2) is 8.78 Å². The SMILES string of the molecule is CC1(C)C(C(=O)O)C1(F)F. The van der Waals surface area contributed by atoms with E-state index in [1.54, 1.807) is 0 Å². The van der Waals surface area contributed by atoms with Crippen LogP contribution in [-0.2, 0) is 4.79 Å². The summed E-state index contributed by atoms with van der Waals surface area (Å²) in [5, 5.41) is 8.24. The predicted molar refractivity (Wildman–Crippen MR) is 29.9 cm³/mol. The topological polar surface area (TPSA) is 37.3 Å². The first-order chi connectivity index (χ1) is 4.32. The van der Waals surface area contributed by atoms with Crippen molar-refractivity contribution >= 4 is 5.97 Å². The molecule has 1 N–H and O–H groups in total. The number of halogens is 2. The molecule has 0 aromatic carbocycles. The molecule has 58 valence electrons. The molecule has 0 spiro atoms. The fraction of sp³-hybridized carbons (Fsp3) is 0.833. The Balaban J connectivity index is 2.81. The fourth-order valence-electron chi connectivity index (χ4n) is 1.12. The molecule has 0 amide bonds. The number of carbonyl (C=O) groups is 1. The Morgan fingerprint density at radius 2 is 1.80 bits per heavy atom. The lowest BCUT2D eigenvalue weighted by molar-refractivity contribution is -0.141. The zero-order valence-corrected chi connectivity index (χ0v) is 5.69. The monoisotopic (exact) mass is 150 g/mol. The molecule has 1 rings (SSSR count). The van der Waals surface area contributed by atoms with Gasteiger partial charge in [0, 0.05) is 5.41 Å². The maximum atomic E-state index is 12.4. The molecule has 10 heavy (non-hydrogen) atoms. The van der Waals surface area contributed by atoms with Gasteiger partial charge in [0.05, 0.1) is 0 Å². The number of carboxylic acids is 1. The van der Waals surface area contributed by atoms with Crippen molar-refractivity contribution < 1.29 is 18.7 Å². The van der Waals surface area contributed by atoms with Crippen molar-refractivity contribution in [3.63, 3.8) is 0 Å². The minimum Gasteiger partial charge on any atom is -0.481 e. The third kappa shape index (κ3) is 0.589. The summed E-state index contributed by atoms with van der Waals surface area (Å²) in [6.07, 6.45) is 0. The minimum atomic E-state index is -3.02. The first-order valence-electron chi connectivity index (χ1n) is 2.92. The Labute approximate surface area is 56.8 Å². The third-order valence-corrected chi connectivity index (χ3v) is 2.11. The van der Waals surface area contributed by atoms with E-state index in [-0.39, 0.29) is 0 Å². The molecule has 1 aliphatic carbocycles. The fourth-order valence-corrected chi connectivity index (χ4v) is 1.12. The maximum Gasteiger partial charge on any atom is 0.313 e. The Bertz CT molecular complexity index is 172. The van der Waals surface area contributed by atoms with E-state index < -0.39 is 23.2 Å². The first-order valence-corrected chi connectivity index (χ1v) is 2.92. The molecule has 4 heteroatoms. The summed E-state index contributed by atoms with van der Waals surface area (Å²) in [6, 6.07) is 0. The Morgan fingerprint density at radius 3 is 1.80 bits per heavy atom. The van der Waals surface area contributed by atoms with E-state index in [9.17, 15) is 13.6 Å². The molecule has 2 nitrogen and oxygen atoms in total. The predicted octanol–water partition coefficient (Wildman–Crippen LogP) is 1.36. The van der Waals surface area contributed by atoms with Gasteiger partial charge in [0.1, 0.15) is 5.92 Å². The van der Waals surface area contributed by atoms with Crippen LogP contribution in [0.1, 0.15) is 13.8 Å². The molecule has 0 saturated heterocycles. The highest BCUT2D eigenvalue weighted by Crippen LogP contribution is 2.65. The smallest absolute Gasteiger partial charge is 0.313 e. The van der Waals surface area contributed by atoms with Crippen molar-refractivity contribution in [2.75, 3.05) is 0 Å². The Hall–Kier alpha value is -0.670. The van der Waals surface area contributed by atoms with Gasteiger partial charge >= 0.3 is 5.97 Å². The molecule has 0 aromatic rings. The van der Waals surface area contributed by atoms with Gasteiger partial charge in [-0.3, -0.25) is 4.79 Å². The van der Waals surface area contributed by atoms with Gasteiger partial charge < -0.3 is 5.11 Å². The number of aliphatic carboxylic acids is 1. The lowest BCUT2D eigenvalue weighted by Gasteiger charge is -1.95. The zero-order chi connectivity index (χ0) is 8.15. The summed E-state index contributed by atoms with van der Waals surface area (Å²) in [5.74, 6) is -5.91. The quantitative estimate of drug-likeness (QED) is 0.612. The van der Waals surface area contributed by atoms with E-state index in [2.05, 4.69) is 0 Å². The van der Waals surface area contributed by atoms with Crippen LogP contribution in [0.4, 0.5) is 8.78 Å². The largest absolute Gasteiger partial charge is 0.481 e. The summed E-state index contributed by atoms with van der Waals surface area (Å²) in [6.45, 7) is 2.51. The van der Waals surface area contributed by atoms with Crippen LogP contribution in [0, 0.1) is 11.3 Å². The van der Waals surface area contributed by atoms with Gasteiger partial charge in [0.25, 0.3) is 5.92 Å². The Kier molecular flexibility index (Phi) is 1.11. The molecule has 1 unspecified atom stereocenters. The van der Waals surface area contributed by atoms with Crippen LogP contribution < -0.4 is 0 Å². The summed E-state index contributed by atoms with van der Waals surface area (Å²) in [4.78, 5) is 10.1. The summed E-state index contributed by atoms with van der Waals surface area (Å²) >= 11 is 0. The van der Waals surface area contributed by atoms with E-state index in [0.717, 1.165) is 0 Å². The van der Waals surface area contributed by atoms with Gasteiger partial charge in [0.15, 0.2) is 0 Å². The van der Waals surface area contributed by atoms with E-state index in [0.29, 0.717) is 0 Å². The molecule has 1 saturated carbocycles. The normalized spacial score (nSPS) is 33.4. The molecule has 0 heterocycles. The second kappa shape index (κ2) is 1.49. The van der Waals surface area contributed by atoms with Crippen molar-refractivity contribution in [3.05, 3.63) is 0 Å². The van der Waals surface area contributed by atoms with Crippen molar-refractivity contribution in [1.29, 1.82) is 0 Å². The van der Waals surface area contributed by atoms with Crippen LogP contribution in [-0.4, -0.2) is 17.0 Å². The molecule has 0 bridgehead atoms. The van der Waals surface area contributed by atoms with Gasteiger partial charge in [0.2, 0.25) is 0 Å². The highest BCUT2D eigenvalue weighted by atomic mass is 19.3. The van der Waals surface area contributed by atoms with Crippen LogP contribution in [0.5, 0.6) is 0 Å². The van der Waals surface area contributed by atoms with E-state index in [1.807, 2.05) is 0 Å². The zero-order valence-electron chi connectivity index (χ0n) is 5.69. The second-order valence-electron chi connectivity index (χ2n) is 3.12. The summed E-state index contributed by atoms with van der Waals surface area (Å²) < 4.78 is 24.9. The number of rotatable bonds is 1. The number of hydrogen-bond acceptors (Lipinski definition) is 1. The van der Waals surface area contributed by atoms with E-state index >= 15 is 0 Å². The van der Waals surface area contributed by atoms with Crippen LogP contribution in [0.3, 0.4) is 0 Å². The van der Waals surface area contributed by atoms with Gasteiger partial charge in [-0.2, -0.15) is 0 Å².